The SMILES string of the molecule is CCNC(=NCC(C)(C)c1ccc(C)cc1)NCC. The Kier molecular flexibility index (Phi) is 5.87. The zero-order chi connectivity index (χ0) is 14.3. The van der Waals surface area contributed by atoms with Crippen LogP contribution in [-0.4, -0.2) is 25.6 Å². The van der Waals surface area contributed by atoms with Crippen LogP contribution in [0.1, 0.15) is 38.8 Å². The number of nitrogens with zero attached hydrogens (tertiary/aromatic N) is 1. The van der Waals surface area contributed by atoms with Crippen molar-refractivity contribution in [3.63, 3.8) is 0 Å². The summed E-state index contributed by atoms with van der Waals surface area (Å²) in [5.41, 5.74) is 2.67. The minimum Gasteiger partial charge on any atom is -0.357 e. The molecule has 1 aromatic carbocycles. The Balaban J connectivity index is 2.77. The first kappa shape index (κ1) is 15.5. The minimum absolute atomic E-state index is 0.0454. The molecule has 0 spiro atoms. The Morgan fingerprint density at radius 3 is 2.05 bits per heavy atom. The molecule has 0 aliphatic rings. The zero-order valence-corrected chi connectivity index (χ0v) is 12.9. The Labute approximate surface area is 117 Å². The number of hydrogen-bond acceptors (Lipinski definition) is 1. The van der Waals surface area contributed by atoms with E-state index in [0.29, 0.717) is 0 Å². The number of nitrogens with one attached hydrogen (secondary N) is 2. The Morgan fingerprint density at radius 2 is 1.58 bits per heavy atom. The van der Waals surface area contributed by atoms with Crippen LogP contribution in [-0.2, 0) is 5.41 Å². The molecule has 0 aliphatic carbocycles. The molecular formula is C16H27N3. The third kappa shape index (κ3) is 4.93. The van der Waals surface area contributed by atoms with Crippen molar-refractivity contribution >= 4 is 5.96 Å². The van der Waals surface area contributed by atoms with E-state index in [4.69, 9.17) is 0 Å². The topological polar surface area (TPSA) is 36.4 Å². The predicted molar refractivity (Wildman–Crippen MR) is 83.9 cm³/mol. The van der Waals surface area contributed by atoms with Gasteiger partial charge in [-0.3, -0.25) is 4.99 Å². The summed E-state index contributed by atoms with van der Waals surface area (Å²) < 4.78 is 0. The van der Waals surface area contributed by atoms with Crippen molar-refractivity contribution in [2.45, 2.75) is 40.0 Å². The molecule has 1 rings (SSSR count). The highest BCUT2D eigenvalue weighted by Gasteiger charge is 2.20. The molecule has 0 bridgehead atoms. The van der Waals surface area contributed by atoms with Crippen molar-refractivity contribution in [2.75, 3.05) is 19.6 Å². The van der Waals surface area contributed by atoms with Gasteiger partial charge in [0.05, 0.1) is 6.54 Å². The molecule has 0 aliphatic heterocycles. The Morgan fingerprint density at radius 1 is 1.05 bits per heavy atom. The normalized spacial score (nSPS) is 11.0. The summed E-state index contributed by atoms with van der Waals surface area (Å²) in [5.74, 6) is 0.894. The summed E-state index contributed by atoms with van der Waals surface area (Å²) in [6, 6.07) is 8.72. The zero-order valence-electron chi connectivity index (χ0n) is 12.9. The second-order valence-corrected chi connectivity index (χ2v) is 5.48. The molecule has 0 heterocycles. The van der Waals surface area contributed by atoms with E-state index < -0.39 is 0 Å². The van der Waals surface area contributed by atoms with Crippen molar-refractivity contribution in [2.24, 2.45) is 4.99 Å². The predicted octanol–water partition coefficient (Wildman–Crippen LogP) is 2.85. The highest BCUT2D eigenvalue weighted by Crippen LogP contribution is 2.23. The average molecular weight is 261 g/mol. The summed E-state index contributed by atoms with van der Waals surface area (Å²) in [4.78, 5) is 4.67. The standard InChI is InChI=1S/C16H27N3/c1-6-17-15(18-7-2)19-12-16(4,5)14-10-8-13(3)9-11-14/h8-11H,6-7,12H2,1-5H3,(H2,17,18,19). The first-order chi connectivity index (χ1) is 8.99. The molecule has 3 heteroatoms. The molecule has 2 N–H and O–H groups in total. The molecule has 19 heavy (non-hydrogen) atoms. The molecule has 0 saturated carbocycles. The number of hydrogen-bond donors (Lipinski definition) is 2. The van der Waals surface area contributed by atoms with Crippen molar-refractivity contribution in [1.82, 2.24) is 10.6 Å². The minimum atomic E-state index is 0.0454. The van der Waals surface area contributed by atoms with Crippen molar-refractivity contribution in [3.05, 3.63) is 35.4 Å². The van der Waals surface area contributed by atoms with Crippen LogP contribution in [0.25, 0.3) is 0 Å². The third-order valence-corrected chi connectivity index (χ3v) is 3.15. The quantitative estimate of drug-likeness (QED) is 0.631. The van der Waals surface area contributed by atoms with Crippen molar-refractivity contribution < 1.29 is 0 Å². The number of benzene rings is 1. The van der Waals surface area contributed by atoms with Gasteiger partial charge in [-0.1, -0.05) is 43.7 Å². The van der Waals surface area contributed by atoms with Crippen LogP contribution in [0.5, 0.6) is 0 Å². The monoisotopic (exact) mass is 261 g/mol. The molecule has 0 unspecified atom stereocenters. The summed E-state index contributed by atoms with van der Waals surface area (Å²) in [5, 5.41) is 6.51. The highest BCUT2D eigenvalue weighted by atomic mass is 15.2. The van der Waals surface area contributed by atoms with Gasteiger partial charge >= 0.3 is 0 Å². The molecule has 3 nitrogen and oxygen atoms in total. The van der Waals surface area contributed by atoms with Gasteiger partial charge in [0.25, 0.3) is 0 Å². The maximum Gasteiger partial charge on any atom is 0.191 e. The lowest BCUT2D eigenvalue weighted by atomic mass is 9.84. The highest BCUT2D eigenvalue weighted by molar-refractivity contribution is 5.79. The summed E-state index contributed by atoms with van der Waals surface area (Å²) in [6.45, 7) is 13.3. The van der Waals surface area contributed by atoms with Gasteiger partial charge in [0.2, 0.25) is 0 Å². The summed E-state index contributed by atoms with van der Waals surface area (Å²) in [6.07, 6.45) is 0. The van der Waals surface area contributed by atoms with Crippen LogP contribution in [0.2, 0.25) is 0 Å². The van der Waals surface area contributed by atoms with Crippen LogP contribution in [0.15, 0.2) is 29.3 Å². The Bertz CT molecular complexity index is 397. The van der Waals surface area contributed by atoms with E-state index >= 15 is 0 Å². The van der Waals surface area contributed by atoms with E-state index in [1.807, 2.05) is 0 Å². The molecule has 0 radical (unpaired) electrons. The maximum atomic E-state index is 4.67. The van der Waals surface area contributed by atoms with Crippen LogP contribution >= 0.6 is 0 Å². The molecular weight excluding hydrogens is 234 g/mol. The second kappa shape index (κ2) is 7.17. The number of aryl methyl sites for hydroxylation is 1. The van der Waals surface area contributed by atoms with Crippen LogP contribution in [0, 0.1) is 6.92 Å². The van der Waals surface area contributed by atoms with Gasteiger partial charge in [0.15, 0.2) is 5.96 Å². The number of guanidine groups is 1. The van der Waals surface area contributed by atoms with Gasteiger partial charge in [-0.25, -0.2) is 0 Å². The smallest absolute Gasteiger partial charge is 0.191 e. The number of aliphatic imine (C=N–C) groups is 1. The van der Waals surface area contributed by atoms with Crippen molar-refractivity contribution in [1.29, 1.82) is 0 Å². The molecule has 0 amide bonds. The van der Waals surface area contributed by atoms with Crippen molar-refractivity contribution in [3.8, 4) is 0 Å². The molecule has 0 saturated heterocycles. The van der Waals surface area contributed by atoms with E-state index in [1.165, 1.54) is 11.1 Å². The third-order valence-electron chi connectivity index (χ3n) is 3.15. The molecule has 1 aromatic rings. The van der Waals surface area contributed by atoms with Gasteiger partial charge in [0, 0.05) is 18.5 Å². The van der Waals surface area contributed by atoms with Crippen LogP contribution in [0.3, 0.4) is 0 Å². The first-order valence-corrected chi connectivity index (χ1v) is 7.09. The largest absolute Gasteiger partial charge is 0.357 e. The lowest BCUT2D eigenvalue weighted by Gasteiger charge is -2.24. The average Bonchev–Trinajstić information content (AvgIpc) is 2.37. The fraction of sp³-hybridized carbons (Fsp3) is 0.562. The molecule has 0 aromatic heterocycles. The van der Waals surface area contributed by atoms with E-state index in [0.717, 1.165) is 25.6 Å². The van der Waals surface area contributed by atoms with E-state index in [1.54, 1.807) is 0 Å². The maximum absolute atomic E-state index is 4.67. The summed E-state index contributed by atoms with van der Waals surface area (Å²) in [7, 11) is 0. The van der Waals surface area contributed by atoms with E-state index in [2.05, 4.69) is 74.5 Å². The van der Waals surface area contributed by atoms with Gasteiger partial charge in [-0.2, -0.15) is 0 Å². The molecule has 106 valence electrons. The van der Waals surface area contributed by atoms with Gasteiger partial charge in [-0.15, -0.1) is 0 Å². The van der Waals surface area contributed by atoms with E-state index in [-0.39, 0.29) is 5.41 Å². The molecule has 0 fully saturated rings. The lowest BCUT2D eigenvalue weighted by molar-refractivity contribution is 0.537. The fourth-order valence-corrected chi connectivity index (χ4v) is 1.88. The van der Waals surface area contributed by atoms with Gasteiger partial charge in [0.1, 0.15) is 0 Å². The summed E-state index contributed by atoms with van der Waals surface area (Å²) >= 11 is 0. The lowest BCUT2D eigenvalue weighted by Crippen LogP contribution is -2.38. The second-order valence-electron chi connectivity index (χ2n) is 5.48. The fourth-order valence-electron chi connectivity index (χ4n) is 1.88. The Hall–Kier alpha value is -1.51. The van der Waals surface area contributed by atoms with Crippen LogP contribution in [0.4, 0.5) is 0 Å². The first-order valence-electron chi connectivity index (χ1n) is 7.09. The van der Waals surface area contributed by atoms with E-state index in [9.17, 15) is 0 Å². The van der Waals surface area contributed by atoms with Gasteiger partial charge in [-0.05, 0) is 26.3 Å². The molecule has 0 atom stereocenters. The van der Waals surface area contributed by atoms with Crippen LogP contribution < -0.4 is 10.6 Å². The van der Waals surface area contributed by atoms with Gasteiger partial charge < -0.3 is 10.6 Å². The number of rotatable bonds is 5.